The molecule has 3 aromatic rings. The second-order valence-electron chi connectivity index (χ2n) is 8.93. The molecule has 0 spiro atoms. The highest BCUT2D eigenvalue weighted by molar-refractivity contribution is 6.05. The quantitative estimate of drug-likeness (QED) is 0.528. The normalized spacial score (nSPS) is 22.3. The highest BCUT2D eigenvalue weighted by atomic mass is 16.5. The molecule has 1 aliphatic carbocycles. The Bertz CT molecular complexity index is 1280. The fourth-order valence-corrected chi connectivity index (χ4v) is 4.77. The number of ether oxygens (including phenoxy) is 1. The summed E-state index contributed by atoms with van der Waals surface area (Å²) in [6.07, 6.45) is 1.04. The minimum atomic E-state index is -0.978. The lowest BCUT2D eigenvalue weighted by atomic mass is 10.1. The number of hydrogen-bond donors (Lipinski definition) is 2. The molecule has 2 N–H and O–H groups in total. The first-order valence-corrected chi connectivity index (χ1v) is 11.0. The molecule has 1 unspecified atom stereocenters. The Kier molecular flexibility index (Phi) is 4.95. The number of hydrogen-bond acceptors (Lipinski definition) is 6. The fraction of sp³-hybridized carbons (Fsp3) is 0.435. The van der Waals surface area contributed by atoms with Gasteiger partial charge in [-0.2, -0.15) is 10.2 Å². The van der Waals surface area contributed by atoms with Crippen LogP contribution in [0.5, 0.6) is 5.75 Å². The number of ketones is 1. The third-order valence-corrected chi connectivity index (χ3v) is 6.47. The van der Waals surface area contributed by atoms with E-state index in [4.69, 9.17) is 4.74 Å². The summed E-state index contributed by atoms with van der Waals surface area (Å²) in [6.45, 7) is 5.09. The van der Waals surface area contributed by atoms with Gasteiger partial charge in [0.25, 0.3) is 0 Å². The molecule has 5 rings (SSSR count). The van der Waals surface area contributed by atoms with Crippen molar-refractivity contribution in [1.29, 1.82) is 0 Å². The second-order valence-corrected chi connectivity index (χ2v) is 8.93. The maximum absolute atomic E-state index is 13.0. The smallest absolute Gasteiger partial charge is 0.326 e. The summed E-state index contributed by atoms with van der Waals surface area (Å²) < 4.78 is 7.50. The molecule has 3 heterocycles. The van der Waals surface area contributed by atoms with Gasteiger partial charge in [-0.1, -0.05) is 0 Å². The Morgan fingerprint density at radius 3 is 2.73 bits per heavy atom. The Labute approximate surface area is 189 Å². The molecular weight excluding hydrogens is 426 g/mol. The number of aliphatic carboxylic acids is 1. The molecule has 10 heteroatoms. The summed E-state index contributed by atoms with van der Waals surface area (Å²) in [4.78, 5) is 38.4. The molecule has 172 valence electrons. The van der Waals surface area contributed by atoms with Crippen molar-refractivity contribution in [2.24, 2.45) is 5.92 Å². The van der Waals surface area contributed by atoms with Crippen molar-refractivity contribution < 1.29 is 24.2 Å². The number of aromatic nitrogens is 4. The summed E-state index contributed by atoms with van der Waals surface area (Å²) in [5.74, 6) is -0.679. The first-order chi connectivity index (χ1) is 15.7. The maximum Gasteiger partial charge on any atom is 0.326 e. The number of piperidine rings is 1. The van der Waals surface area contributed by atoms with Gasteiger partial charge in [0.2, 0.25) is 5.91 Å². The number of H-pyrrole nitrogens is 1. The van der Waals surface area contributed by atoms with Gasteiger partial charge in [-0.3, -0.25) is 19.4 Å². The van der Waals surface area contributed by atoms with Crippen LogP contribution in [0.1, 0.15) is 54.7 Å². The van der Waals surface area contributed by atoms with Gasteiger partial charge >= 0.3 is 5.97 Å². The number of amides is 1. The molecule has 2 fully saturated rings. The summed E-state index contributed by atoms with van der Waals surface area (Å²) in [5, 5.41) is 21.6. The van der Waals surface area contributed by atoms with Crippen LogP contribution >= 0.6 is 0 Å². The SMILES string of the molecule is CC(=O)c1nn(CC(=O)N2[C@@H]3C[C@@H]3C[C@H]2C(=O)O)c2ccc(OC(C)c3cc(C)[nH]n3)cc12. The topological polar surface area (TPSA) is 130 Å². The lowest BCUT2D eigenvalue weighted by molar-refractivity contribution is -0.149. The molecule has 2 aromatic heterocycles. The molecule has 0 radical (unpaired) electrons. The average molecular weight is 451 g/mol. The van der Waals surface area contributed by atoms with Crippen molar-refractivity contribution in [1.82, 2.24) is 24.9 Å². The van der Waals surface area contributed by atoms with Crippen LogP contribution in [0.4, 0.5) is 0 Å². The van der Waals surface area contributed by atoms with Crippen molar-refractivity contribution in [2.45, 2.75) is 58.3 Å². The Hall–Kier alpha value is -3.69. The number of nitrogens with zero attached hydrogens (tertiary/aromatic N) is 4. The molecule has 1 saturated heterocycles. The molecular formula is C23H25N5O5. The number of Topliss-reactive ketones (excluding diaryl/α,β-unsaturated/α-hetero) is 1. The zero-order valence-electron chi connectivity index (χ0n) is 18.6. The van der Waals surface area contributed by atoms with Crippen LogP contribution in [0.15, 0.2) is 24.3 Å². The van der Waals surface area contributed by atoms with Gasteiger partial charge in [0.1, 0.15) is 35.8 Å². The number of fused-ring (bicyclic) bond motifs is 2. The van der Waals surface area contributed by atoms with E-state index in [0.29, 0.717) is 23.1 Å². The predicted octanol–water partition coefficient (Wildman–Crippen LogP) is 2.48. The number of carboxylic acid groups (broad SMARTS) is 1. The van der Waals surface area contributed by atoms with Crippen LogP contribution in [-0.4, -0.2) is 59.7 Å². The highest BCUT2D eigenvalue weighted by Gasteiger charge is 2.56. The van der Waals surface area contributed by atoms with Crippen LogP contribution < -0.4 is 4.74 Å². The summed E-state index contributed by atoms with van der Waals surface area (Å²) in [5.41, 5.74) is 2.55. The van der Waals surface area contributed by atoms with Gasteiger partial charge in [-0.05, 0) is 56.9 Å². The van der Waals surface area contributed by atoms with Crippen molar-refractivity contribution in [2.75, 3.05) is 0 Å². The van der Waals surface area contributed by atoms with E-state index < -0.39 is 12.0 Å². The van der Waals surface area contributed by atoms with E-state index in [0.717, 1.165) is 17.8 Å². The maximum atomic E-state index is 13.0. The van der Waals surface area contributed by atoms with Crippen molar-refractivity contribution in [3.8, 4) is 5.75 Å². The van der Waals surface area contributed by atoms with Crippen molar-refractivity contribution in [3.05, 3.63) is 41.3 Å². The molecule has 1 aromatic carbocycles. The molecule has 0 bridgehead atoms. The first-order valence-electron chi connectivity index (χ1n) is 11.0. The number of aromatic amines is 1. The number of rotatable bonds is 7. The van der Waals surface area contributed by atoms with Crippen LogP contribution in [0.2, 0.25) is 0 Å². The Morgan fingerprint density at radius 1 is 1.27 bits per heavy atom. The number of carboxylic acids is 1. The number of nitrogens with one attached hydrogen (secondary N) is 1. The number of aryl methyl sites for hydroxylation is 1. The highest BCUT2D eigenvalue weighted by Crippen LogP contribution is 2.48. The number of likely N-dealkylation sites (tertiary alicyclic amines) is 1. The van der Waals surface area contributed by atoms with Crippen molar-refractivity contribution >= 4 is 28.6 Å². The van der Waals surface area contributed by atoms with Gasteiger partial charge in [-0.15, -0.1) is 0 Å². The van der Waals surface area contributed by atoms with E-state index >= 15 is 0 Å². The molecule has 33 heavy (non-hydrogen) atoms. The van der Waals surface area contributed by atoms with Gasteiger partial charge in [0.05, 0.1) is 5.52 Å². The van der Waals surface area contributed by atoms with Crippen molar-refractivity contribution in [3.63, 3.8) is 0 Å². The monoisotopic (exact) mass is 451 g/mol. The first kappa shape index (κ1) is 21.2. The predicted molar refractivity (Wildman–Crippen MR) is 117 cm³/mol. The molecule has 10 nitrogen and oxygen atoms in total. The summed E-state index contributed by atoms with van der Waals surface area (Å²) in [7, 11) is 0. The minimum Gasteiger partial charge on any atom is -0.484 e. The average Bonchev–Trinajstić information content (AvgIpc) is 3.09. The fourth-order valence-electron chi connectivity index (χ4n) is 4.77. The van der Waals surface area contributed by atoms with E-state index in [-0.39, 0.29) is 42.0 Å². The van der Waals surface area contributed by atoms with Crippen LogP contribution in [0.25, 0.3) is 10.9 Å². The van der Waals surface area contributed by atoms with E-state index in [9.17, 15) is 19.5 Å². The van der Waals surface area contributed by atoms with Gasteiger partial charge < -0.3 is 14.7 Å². The van der Waals surface area contributed by atoms with E-state index in [1.165, 1.54) is 16.5 Å². The van der Waals surface area contributed by atoms with Crippen LogP contribution in [0, 0.1) is 12.8 Å². The van der Waals surface area contributed by atoms with E-state index in [2.05, 4.69) is 15.3 Å². The largest absolute Gasteiger partial charge is 0.484 e. The Morgan fingerprint density at radius 2 is 2.06 bits per heavy atom. The summed E-state index contributed by atoms with van der Waals surface area (Å²) in [6, 6.07) is 6.38. The van der Waals surface area contributed by atoms with Crippen LogP contribution in [-0.2, 0) is 16.1 Å². The van der Waals surface area contributed by atoms with E-state index in [1.54, 1.807) is 18.2 Å². The third kappa shape index (κ3) is 3.75. The molecule has 2 aliphatic rings. The Balaban J connectivity index is 1.42. The van der Waals surface area contributed by atoms with Gasteiger partial charge in [0.15, 0.2) is 5.78 Å². The van der Waals surface area contributed by atoms with Gasteiger partial charge in [0, 0.05) is 24.0 Å². The number of carbonyl (C=O) groups excluding carboxylic acids is 2. The molecule has 1 amide bonds. The molecule has 1 saturated carbocycles. The lowest BCUT2D eigenvalue weighted by Gasteiger charge is -2.24. The zero-order valence-corrected chi connectivity index (χ0v) is 18.6. The number of carbonyl (C=O) groups is 3. The van der Waals surface area contributed by atoms with Crippen LogP contribution in [0.3, 0.4) is 0 Å². The van der Waals surface area contributed by atoms with E-state index in [1.807, 2.05) is 19.9 Å². The zero-order chi connectivity index (χ0) is 23.4. The molecule has 4 atom stereocenters. The summed E-state index contributed by atoms with van der Waals surface area (Å²) >= 11 is 0. The number of benzene rings is 1. The lowest BCUT2D eigenvalue weighted by Crippen LogP contribution is -2.44. The third-order valence-electron chi connectivity index (χ3n) is 6.47. The second kappa shape index (κ2) is 7.72. The van der Waals surface area contributed by atoms with Gasteiger partial charge in [-0.25, -0.2) is 4.79 Å². The minimum absolute atomic E-state index is 0.000119. The molecule has 1 aliphatic heterocycles. The standard InChI is InChI=1S/C23H25N5O5/c1-11-6-17(25-24-11)13(3)33-15-4-5-18-16(9-15)22(12(2)29)26-27(18)10-21(30)28-19-7-14(19)8-20(28)23(31)32/h4-6,9,13-14,19-20H,7-8,10H2,1-3H3,(H,24,25)(H,31,32)/t13?,14-,19-,20+/m1/s1.